The summed E-state index contributed by atoms with van der Waals surface area (Å²) in [6.07, 6.45) is 8.30. The Bertz CT molecular complexity index is 636. The van der Waals surface area contributed by atoms with Crippen molar-refractivity contribution in [3.05, 3.63) is 18.5 Å². The number of hydrogen-bond donors (Lipinski definition) is 2. The Balaban J connectivity index is 1.78. The van der Waals surface area contributed by atoms with Gasteiger partial charge in [-0.15, -0.1) is 0 Å². The van der Waals surface area contributed by atoms with Gasteiger partial charge in [0.05, 0.1) is 12.9 Å². The van der Waals surface area contributed by atoms with Crippen LogP contribution in [0.2, 0.25) is 0 Å². The van der Waals surface area contributed by atoms with Gasteiger partial charge in [0.1, 0.15) is 5.52 Å². The first-order valence-corrected chi connectivity index (χ1v) is 7.50. The fourth-order valence-corrected chi connectivity index (χ4v) is 2.57. The highest BCUT2D eigenvalue weighted by molar-refractivity contribution is 5.76. The van der Waals surface area contributed by atoms with Crippen molar-refractivity contribution in [2.45, 2.75) is 26.7 Å². The van der Waals surface area contributed by atoms with Crippen LogP contribution >= 0.6 is 0 Å². The lowest BCUT2D eigenvalue weighted by molar-refractivity contribution is 0.194. The van der Waals surface area contributed by atoms with E-state index >= 15 is 0 Å². The van der Waals surface area contributed by atoms with Crippen LogP contribution in [0.5, 0.6) is 5.88 Å². The van der Waals surface area contributed by atoms with E-state index in [0.717, 1.165) is 24.9 Å². The summed E-state index contributed by atoms with van der Waals surface area (Å²) in [7, 11) is 0. The van der Waals surface area contributed by atoms with Gasteiger partial charge in [-0.1, -0.05) is 19.1 Å². The van der Waals surface area contributed by atoms with Crippen LogP contribution < -0.4 is 10.1 Å². The average molecular weight is 287 g/mol. The standard InChI is InChI=1S/C15H21N5O/c1-3-16-15-19-13-12(17-9-18-13)14(20-15)21-8-11-7-5-4-6-10(11)2/h4-5,9-11H,3,6-8H2,1-2H3,(H2,16,17,18,19,20). The molecule has 0 amide bonds. The summed E-state index contributed by atoms with van der Waals surface area (Å²) < 4.78 is 5.98. The highest BCUT2D eigenvalue weighted by atomic mass is 16.5. The second kappa shape index (κ2) is 6.11. The van der Waals surface area contributed by atoms with Crippen LogP contribution in [-0.2, 0) is 0 Å². The lowest BCUT2D eigenvalue weighted by atomic mass is 9.85. The Morgan fingerprint density at radius 2 is 2.19 bits per heavy atom. The molecule has 6 heteroatoms. The molecule has 6 nitrogen and oxygen atoms in total. The van der Waals surface area contributed by atoms with E-state index in [2.05, 4.69) is 44.3 Å². The van der Waals surface area contributed by atoms with Crippen molar-refractivity contribution in [3.8, 4) is 5.88 Å². The zero-order valence-electron chi connectivity index (χ0n) is 12.5. The van der Waals surface area contributed by atoms with Gasteiger partial charge >= 0.3 is 0 Å². The van der Waals surface area contributed by atoms with Gasteiger partial charge in [-0.2, -0.15) is 9.97 Å². The maximum absolute atomic E-state index is 5.98. The third-order valence-electron chi connectivity index (χ3n) is 3.94. The predicted octanol–water partition coefficient (Wildman–Crippen LogP) is 2.77. The number of imidazole rings is 1. The molecule has 0 radical (unpaired) electrons. The zero-order valence-corrected chi connectivity index (χ0v) is 12.5. The van der Waals surface area contributed by atoms with Crippen LogP contribution in [0.25, 0.3) is 11.2 Å². The number of nitrogens with one attached hydrogen (secondary N) is 2. The highest BCUT2D eigenvalue weighted by Gasteiger charge is 2.20. The fourth-order valence-electron chi connectivity index (χ4n) is 2.57. The largest absolute Gasteiger partial charge is 0.476 e. The molecule has 0 bridgehead atoms. The van der Waals surface area contributed by atoms with E-state index in [4.69, 9.17) is 4.74 Å². The van der Waals surface area contributed by atoms with Crippen molar-refractivity contribution in [1.29, 1.82) is 0 Å². The van der Waals surface area contributed by atoms with E-state index in [1.165, 1.54) is 0 Å². The van der Waals surface area contributed by atoms with Crippen molar-refractivity contribution in [1.82, 2.24) is 19.9 Å². The summed E-state index contributed by atoms with van der Waals surface area (Å²) >= 11 is 0. The number of hydrogen-bond acceptors (Lipinski definition) is 5. The number of anilines is 1. The van der Waals surface area contributed by atoms with Gasteiger partial charge in [-0.3, -0.25) is 0 Å². The average Bonchev–Trinajstić information content (AvgIpc) is 2.95. The monoisotopic (exact) mass is 287 g/mol. The van der Waals surface area contributed by atoms with Gasteiger partial charge in [0.2, 0.25) is 11.8 Å². The van der Waals surface area contributed by atoms with E-state index in [0.29, 0.717) is 35.9 Å². The second-order valence-electron chi connectivity index (χ2n) is 5.48. The SMILES string of the molecule is CCNc1nc(OCC2CC=CCC2C)c2[nH]cnc2n1. The third-order valence-corrected chi connectivity index (χ3v) is 3.94. The van der Waals surface area contributed by atoms with E-state index in [9.17, 15) is 0 Å². The van der Waals surface area contributed by atoms with Gasteiger partial charge < -0.3 is 15.0 Å². The lowest BCUT2D eigenvalue weighted by Crippen LogP contribution is -2.21. The topological polar surface area (TPSA) is 75.7 Å². The summed E-state index contributed by atoms with van der Waals surface area (Å²) in [4.78, 5) is 16.0. The minimum atomic E-state index is 0.533. The van der Waals surface area contributed by atoms with E-state index < -0.39 is 0 Å². The first kappa shape index (κ1) is 13.9. The van der Waals surface area contributed by atoms with Crippen molar-refractivity contribution in [2.75, 3.05) is 18.5 Å². The molecule has 0 spiro atoms. The van der Waals surface area contributed by atoms with Crippen molar-refractivity contribution >= 4 is 17.1 Å². The number of aromatic nitrogens is 4. The van der Waals surface area contributed by atoms with Crippen LogP contribution in [0.3, 0.4) is 0 Å². The number of aromatic amines is 1. The Hall–Kier alpha value is -2.11. The fraction of sp³-hybridized carbons (Fsp3) is 0.533. The van der Waals surface area contributed by atoms with Crippen LogP contribution in [-0.4, -0.2) is 33.1 Å². The van der Waals surface area contributed by atoms with Crippen molar-refractivity contribution in [2.24, 2.45) is 11.8 Å². The molecular formula is C15H21N5O. The zero-order chi connectivity index (χ0) is 14.7. The van der Waals surface area contributed by atoms with Gasteiger partial charge in [0, 0.05) is 6.54 Å². The Morgan fingerprint density at radius 3 is 3.00 bits per heavy atom. The maximum atomic E-state index is 5.98. The van der Waals surface area contributed by atoms with Gasteiger partial charge in [0.25, 0.3) is 0 Å². The molecule has 0 saturated carbocycles. The molecule has 2 N–H and O–H groups in total. The number of nitrogens with zero attached hydrogens (tertiary/aromatic N) is 3. The molecule has 2 atom stereocenters. The van der Waals surface area contributed by atoms with Crippen molar-refractivity contribution < 1.29 is 4.74 Å². The summed E-state index contributed by atoms with van der Waals surface area (Å²) in [6, 6.07) is 0. The van der Waals surface area contributed by atoms with Gasteiger partial charge in [0.15, 0.2) is 5.65 Å². The summed E-state index contributed by atoms with van der Waals surface area (Å²) in [6.45, 7) is 5.71. The summed E-state index contributed by atoms with van der Waals surface area (Å²) in [5.41, 5.74) is 1.39. The lowest BCUT2D eigenvalue weighted by Gasteiger charge is -2.24. The molecule has 2 unspecified atom stereocenters. The molecule has 1 aliphatic carbocycles. The number of H-pyrrole nitrogens is 1. The van der Waals surface area contributed by atoms with Gasteiger partial charge in [-0.25, -0.2) is 4.98 Å². The quantitative estimate of drug-likeness (QED) is 0.827. The Labute approximate surface area is 124 Å². The molecule has 1 aliphatic rings. The summed E-state index contributed by atoms with van der Waals surface area (Å²) in [5, 5.41) is 3.11. The molecule has 2 heterocycles. The molecule has 112 valence electrons. The minimum absolute atomic E-state index is 0.533. The number of ether oxygens (including phenoxy) is 1. The van der Waals surface area contributed by atoms with Gasteiger partial charge in [-0.05, 0) is 31.6 Å². The molecule has 0 aliphatic heterocycles. The molecule has 21 heavy (non-hydrogen) atoms. The third kappa shape index (κ3) is 2.99. The molecule has 3 rings (SSSR count). The van der Waals surface area contributed by atoms with Crippen LogP contribution in [0.1, 0.15) is 26.7 Å². The maximum Gasteiger partial charge on any atom is 0.245 e. The van der Waals surface area contributed by atoms with E-state index in [1.54, 1.807) is 6.33 Å². The molecule has 0 aromatic carbocycles. The number of fused-ring (bicyclic) bond motifs is 1. The molecular weight excluding hydrogens is 266 g/mol. The molecule has 0 fully saturated rings. The predicted molar refractivity (Wildman–Crippen MR) is 82.4 cm³/mol. The second-order valence-corrected chi connectivity index (χ2v) is 5.48. The first-order valence-electron chi connectivity index (χ1n) is 7.50. The van der Waals surface area contributed by atoms with Crippen LogP contribution in [0.15, 0.2) is 18.5 Å². The summed E-state index contributed by atoms with van der Waals surface area (Å²) in [5.74, 6) is 2.31. The smallest absolute Gasteiger partial charge is 0.245 e. The minimum Gasteiger partial charge on any atom is -0.476 e. The molecule has 2 aromatic rings. The molecule has 0 saturated heterocycles. The number of rotatable bonds is 5. The van der Waals surface area contributed by atoms with E-state index in [1.807, 2.05) is 6.92 Å². The Kier molecular flexibility index (Phi) is 4.03. The normalized spacial score (nSPS) is 21.6. The van der Waals surface area contributed by atoms with Crippen LogP contribution in [0.4, 0.5) is 5.95 Å². The number of allylic oxidation sites excluding steroid dienone is 2. The van der Waals surface area contributed by atoms with E-state index in [-0.39, 0.29) is 0 Å². The Morgan fingerprint density at radius 1 is 1.33 bits per heavy atom. The molecule has 2 aromatic heterocycles. The highest BCUT2D eigenvalue weighted by Crippen LogP contribution is 2.27. The van der Waals surface area contributed by atoms with Crippen LogP contribution in [0, 0.1) is 11.8 Å². The first-order chi connectivity index (χ1) is 10.3. The van der Waals surface area contributed by atoms with Crippen molar-refractivity contribution in [3.63, 3.8) is 0 Å².